The number of rotatable bonds is 4. The molecule has 2 aromatic carbocycles. The van der Waals surface area contributed by atoms with E-state index < -0.39 is 9.84 Å². The maximum Gasteiger partial charge on any atom is 0.221 e. The molecule has 8 nitrogen and oxygen atoms in total. The predicted octanol–water partition coefficient (Wildman–Crippen LogP) is 3.72. The number of benzene rings is 2. The van der Waals surface area contributed by atoms with Crippen LogP contribution >= 0.6 is 0 Å². The highest BCUT2D eigenvalue weighted by molar-refractivity contribution is 7.91. The normalized spacial score (nSPS) is 11.9. The average molecular weight is 404 g/mol. The number of hydrogen-bond donors (Lipinski definition) is 3. The number of nitrogens with one attached hydrogen (secondary N) is 3. The molecule has 0 atom stereocenters. The van der Waals surface area contributed by atoms with Crippen LogP contribution in [-0.4, -0.2) is 33.6 Å². The number of H-pyrrole nitrogens is 2. The molecule has 0 aliphatic carbocycles. The van der Waals surface area contributed by atoms with E-state index in [0.29, 0.717) is 16.9 Å². The second-order valence-corrected chi connectivity index (χ2v) is 8.65. The minimum atomic E-state index is -3.69. The standard InChI is InChI=1S/C20H16N6O2S/c1-12-2-5-15(6-3-12)29(27,28)18-9-16-19(21-11-22-20(16)25-18)24-14-4-7-17-13(8-14)10-23-26-17/h2-11H,1H3,(H,23,26)(H2,21,22,24,25). The summed E-state index contributed by atoms with van der Waals surface area (Å²) in [6, 6.07) is 14.0. The number of nitrogens with zero attached hydrogens (tertiary/aromatic N) is 3. The van der Waals surface area contributed by atoms with E-state index in [1.165, 1.54) is 6.33 Å². The Balaban J connectivity index is 1.56. The minimum Gasteiger partial charge on any atom is -0.340 e. The quantitative estimate of drug-likeness (QED) is 0.420. The van der Waals surface area contributed by atoms with Gasteiger partial charge in [-0.1, -0.05) is 17.7 Å². The first-order valence-corrected chi connectivity index (χ1v) is 10.3. The molecule has 0 aliphatic rings. The summed E-state index contributed by atoms with van der Waals surface area (Å²) in [4.78, 5) is 11.6. The monoisotopic (exact) mass is 404 g/mol. The summed E-state index contributed by atoms with van der Waals surface area (Å²) in [5, 5.41) is 11.8. The van der Waals surface area contributed by atoms with Gasteiger partial charge in [0.05, 0.1) is 22.0 Å². The van der Waals surface area contributed by atoms with Gasteiger partial charge >= 0.3 is 0 Å². The van der Waals surface area contributed by atoms with Crippen molar-refractivity contribution in [2.75, 3.05) is 5.32 Å². The third-order valence-electron chi connectivity index (χ3n) is 4.72. The topological polar surface area (TPSA) is 116 Å². The summed E-state index contributed by atoms with van der Waals surface area (Å²) in [7, 11) is -3.69. The number of hydrogen-bond acceptors (Lipinski definition) is 6. The SMILES string of the molecule is Cc1ccc(S(=O)(=O)c2cc3c(Nc4ccc5[nH]ncc5c4)ncnc3[nH]2)cc1. The van der Waals surface area contributed by atoms with Crippen LogP contribution in [0, 0.1) is 6.92 Å². The van der Waals surface area contributed by atoms with Crippen LogP contribution in [0.15, 0.2) is 71.0 Å². The fourth-order valence-corrected chi connectivity index (χ4v) is 4.41. The highest BCUT2D eigenvalue weighted by Gasteiger charge is 2.21. The van der Waals surface area contributed by atoms with Crippen molar-refractivity contribution in [3.8, 4) is 0 Å². The van der Waals surface area contributed by atoms with E-state index in [-0.39, 0.29) is 9.92 Å². The van der Waals surface area contributed by atoms with Gasteiger partial charge in [0.25, 0.3) is 0 Å². The van der Waals surface area contributed by atoms with Crippen molar-refractivity contribution < 1.29 is 8.42 Å². The third-order valence-corrected chi connectivity index (χ3v) is 6.42. The molecule has 0 bridgehead atoms. The Labute approximate surface area is 165 Å². The van der Waals surface area contributed by atoms with Gasteiger partial charge in [-0.05, 0) is 43.3 Å². The van der Waals surface area contributed by atoms with E-state index in [4.69, 9.17) is 0 Å². The van der Waals surface area contributed by atoms with Gasteiger partial charge in [0, 0.05) is 11.1 Å². The maximum absolute atomic E-state index is 13.0. The van der Waals surface area contributed by atoms with Gasteiger partial charge < -0.3 is 10.3 Å². The van der Waals surface area contributed by atoms with Crippen LogP contribution in [0.2, 0.25) is 0 Å². The molecule has 3 aromatic heterocycles. The summed E-state index contributed by atoms with van der Waals surface area (Å²) >= 11 is 0. The van der Waals surface area contributed by atoms with E-state index >= 15 is 0 Å². The molecule has 0 unspecified atom stereocenters. The van der Waals surface area contributed by atoms with Crippen LogP contribution in [0.1, 0.15) is 5.56 Å². The number of anilines is 2. The first kappa shape index (κ1) is 17.4. The Kier molecular flexibility index (Phi) is 3.85. The van der Waals surface area contributed by atoms with Crippen molar-refractivity contribution in [2.24, 2.45) is 0 Å². The molecule has 0 radical (unpaired) electrons. The molecule has 0 saturated heterocycles. The first-order chi connectivity index (χ1) is 14.0. The van der Waals surface area contributed by atoms with Crippen molar-refractivity contribution in [1.82, 2.24) is 25.1 Å². The van der Waals surface area contributed by atoms with Crippen LogP contribution in [-0.2, 0) is 9.84 Å². The number of aromatic amines is 2. The minimum absolute atomic E-state index is 0.0742. The number of aromatic nitrogens is 5. The zero-order chi connectivity index (χ0) is 20.0. The molecule has 9 heteroatoms. The number of aryl methyl sites for hydroxylation is 1. The molecule has 3 heterocycles. The Hall–Kier alpha value is -3.72. The Morgan fingerprint density at radius 2 is 1.83 bits per heavy atom. The van der Waals surface area contributed by atoms with Crippen LogP contribution in [0.25, 0.3) is 21.9 Å². The highest BCUT2D eigenvalue weighted by Crippen LogP contribution is 2.29. The molecule has 29 heavy (non-hydrogen) atoms. The first-order valence-electron chi connectivity index (χ1n) is 8.86. The third kappa shape index (κ3) is 3.01. The Morgan fingerprint density at radius 1 is 1.00 bits per heavy atom. The lowest BCUT2D eigenvalue weighted by Gasteiger charge is -2.06. The van der Waals surface area contributed by atoms with Gasteiger partial charge in [-0.25, -0.2) is 18.4 Å². The second-order valence-electron chi connectivity index (χ2n) is 6.73. The molecule has 3 N–H and O–H groups in total. The van der Waals surface area contributed by atoms with Crippen LogP contribution < -0.4 is 5.32 Å². The van der Waals surface area contributed by atoms with Crippen LogP contribution in [0.4, 0.5) is 11.5 Å². The molecule has 5 rings (SSSR count). The predicted molar refractivity (Wildman–Crippen MR) is 110 cm³/mol. The molecule has 0 aliphatic heterocycles. The highest BCUT2D eigenvalue weighted by atomic mass is 32.2. The zero-order valence-corrected chi connectivity index (χ0v) is 16.2. The molecule has 144 valence electrons. The summed E-state index contributed by atoms with van der Waals surface area (Å²) in [5.41, 5.74) is 3.17. The lowest BCUT2D eigenvalue weighted by atomic mass is 10.2. The van der Waals surface area contributed by atoms with Gasteiger partial charge in [-0.3, -0.25) is 5.10 Å². The lowest BCUT2D eigenvalue weighted by Crippen LogP contribution is -2.02. The average Bonchev–Trinajstić information content (AvgIpc) is 3.35. The summed E-state index contributed by atoms with van der Waals surface area (Å²) < 4.78 is 26.0. The van der Waals surface area contributed by atoms with Crippen molar-refractivity contribution in [3.63, 3.8) is 0 Å². The molecule has 5 aromatic rings. The summed E-state index contributed by atoms with van der Waals surface area (Å²) in [5.74, 6) is 0.513. The molecular weight excluding hydrogens is 388 g/mol. The van der Waals surface area contributed by atoms with Crippen molar-refractivity contribution in [2.45, 2.75) is 16.8 Å². The van der Waals surface area contributed by atoms with Gasteiger partial charge in [0.15, 0.2) is 0 Å². The molecular formula is C20H16N6O2S. The van der Waals surface area contributed by atoms with Crippen molar-refractivity contribution in [3.05, 3.63) is 66.6 Å². The van der Waals surface area contributed by atoms with Crippen LogP contribution in [0.5, 0.6) is 0 Å². The number of sulfone groups is 1. The largest absolute Gasteiger partial charge is 0.340 e. The van der Waals surface area contributed by atoms with E-state index in [1.807, 2.05) is 25.1 Å². The molecule has 0 fully saturated rings. The van der Waals surface area contributed by atoms with Gasteiger partial charge in [-0.2, -0.15) is 5.10 Å². The summed E-state index contributed by atoms with van der Waals surface area (Å²) in [6.07, 6.45) is 3.12. The van der Waals surface area contributed by atoms with E-state index in [2.05, 4.69) is 30.5 Å². The van der Waals surface area contributed by atoms with Crippen LogP contribution in [0.3, 0.4) is 0 Å². The maximum atomic E-state index is 13.0. The fraction of sp³-hybridized carbons (Fsp3) is 0.0500. The Bertz CT molecular complexity index is 1450. The van der Waals surface area contributed by atoms with Gasteiger partial charge in [0.1, 0.15) is 22.8 Å². The van der Waals surface area contributed by atoms with Crippen molar-refractivity contribution in [1.29, 1.82) is 0 Å². The van der Waals surface area contributed by atoms with E-state index in [0.717, 1.165) is 22.2 Å². The summed E-state index contributed by atoms with van der Waals surface area (Å²) in [6.45, 7) is 1.91. The smallest absolute Gasteiger partial charge is 0.221 e. The van der Waals surface area contributed by atoms with Crippen molar-refractivity contribution >= 4 is 43.3 Å². The van der Waals surface area contributed by atoms with Gasteiger partial charge in [0.2, 0.25) is 9.84 Å². The molecule has 0 spiro atoms. The van der Waals surface area contributed by atoms with E-state index in [1.54, 1.807) is 36.5 Å². The Morgan fingerprint density at radius 3 is 2.66 bits per heavy atom. The second kappa shape index (κ2) is 6.42. The fourth-order valence-electron chi connectivity index (χ4n) is 3.16. The lowest BCUT2D eigenvalue weighted by molar-refractivity contribution is 0.593. The molecule has 0 saturated carbocycles. The van der Waals surface area contributed by atoms with E-state index in [9.17, 15) is 8.42 Å². The number of fused-ring (bicyclic) bond motifs is 2. The zero-order valence-electron chi connectivity index (χ0n) is 15.3. The molecule has 0 amide bonds. The van der Waals surface area contributed by atoms with Gasteiger partial charge in [-0.15, -0.1) is 0 Å².